The van der Waals surface area contributed by atoms with E-state index in [1.807, 2.05) is 30.3 Å². The highest BCUT2D eigenvalue weighted by Crippen LogP contribution is 2.17. The summed E-state index contributed by atoms with van der Waals surface area (Å²) >= 11 is 0. The van der Waals surface area contributed by atoms with Gasteiger partial charge in [0.2, 0.25) is 17.7 Å². The molecular weight excluding hydrogens is 296 g/mol. The van der Waals surface area contributed by atoms with Crippen LogP contribution in [-0.2, 0) is 22.7 Å². The lowest BCUT2D eigenvalue weighted by Gasteiger charge is -2.38. The smallest absolute Gasteiger partial charge is 0.246 e. The second kappa shape index (κ2) is 6.20. The molecule has 7 nitrogen and oxygen atoms in total. The Kier molecular flexibility index (Phi) is 4.10. The molecule has 0 unspecified atom stereocenters. The molecule has 23 heavy (non-hydrogen) atoms. The minimum absolute atomic E-state index is 0.0607. The van der Waals surface area contributed by atoms with Gasteiger partial charge in [0.05, 0.1) is 0 Å². The third-order valence-corrected chi connectivity index (χ3v) is 3.87. The molecule has 2 heterocycles. The van der Waals surface area contributed by atoms with E-state index in [9.17, 15) is 9.59 Å². The fourth-order valence-corrected chi connectivity index (χ4v) is 2.66. The quantitative estimate of drug-likeness (QED) is 0.845. The number of piperazine rings is 1. The number of benzene rings is 1. The van der Waals surface area contributed by atoms with Gasteiger partial charge < -0.3 is 14.3 Å². The normalized spacial score (nSPS) is 18.6. The largest absolute Gasteiger partial charge is 0.337 e. The van der Waals surface area contributed by atoms with Crippen LogP contribution in [0.1, 0.15) is 24.2 Å². The molecule has 0 aliphatic carbocycles. The molecule has 1 atom stereocenters. The van der Waals surface area contributed by atoms with E-state index in [2.05, 4.69) is 10.1 Å². The lowest BCUT2D eigenvalue weighted by Crippen LogP contribution is -2.58. The highest BCUT2D eigenvalue weighted by molar-refractivity contribution is 5.94. The zero-order chi connectivity index (χ0) is 16.4. The highest BCUT2D eigenvalue weighted by Gasteiger charge is 2.37. The van der Waals surface area contributed by atoms with Crippen molar-refractivity contribution in [2.45, 2.75) is 33.0 Å². The van der Waals surface area contributed by atoms with Gasteiger partial charge in [0, 0.05) is 6.54 Å². The van der Waals surface area contributed by atoms with Crippen molar-refractivity contribution < 1.29 is 14.1 Å². The summed E-state index contributed by atoms with van der Waals surface area (Å²) in [7, 11) is 0. The first kappa shape index (κ1) is 15.2. The number of rotatable bonds is 4. The van der Waals surface area contributed by atoms with Crippen molar-refractivity contribution in [3.63, 3.8) is 0 Å². The molecular formula is C16H18N4O3. The Morgan fingerprint density at radius 2 is 1.96 bits per heavy atom. The highest BCUT2D eigenvalue weighted by atomic mass is 16.5. The third kappa shape index (κ3) is 3.23. The summed E-state index contributed by atoms with van der Waals surface area (Å²) in [5.41, 5.74) is 1.00. The first-order valence-corrected chi connectivity index (χ1v) is 7.46. The molecule has 1 fully saturated rings. The number of amides is 2. The van der Waals surface area contributed by atoms with Crippen LogP contribution in [-0.4, -0.2) is 44.3 Å². The number of carbonyl (C=O) groups excluding carboxylic acids is 2. The molecule has 0 spiro atoms. The van der Waals surface area contributed by atoms with Crippen molar-refractivity contribution in [1.82, 2.24) is 19.9 Å². The fourth-order valence-electron chi connectivity index (χ4n) is 2.66. The average Bonchev–Trinajstić information content (AvgIpc) is 2.95. The zero-order valence-electron chi connectivity index (χ0n) is 13.1. The molecule has 2 amide bonds. The lowest BCUT2D eigenvalue weighted by atomic mass is 10.1. The Balaban J connectivity index is 1.71. The maximum absolute atomic E-state index is 12.5. The third-order valence-electron chi connectivity index (χ3n) is 3.87. The predicted octanol–water partition coefficient (Wildman–Crippen LogP) is 1.14. The first-order chi connectivity index (χ1) is 11.0. The summed E-state index contributed by atoms with van der Waals surface area (Å²) in [5.74, 6) is 0.648. The Morgan fingerprint density at radius 1 is 1.22 bits per heavy atom. The van der Waals surface area contributed by atoms with Crippen LogP contribution in [0.25, 0.3) is 0 Å². The summed E-state index contributed by atoms with van der Waals surface area (Å²) in [6.45, 7) is 4.09. The van der Waals surface area contributed by atoms with Crippen molar-refractivity contribution in [2.75, 3.05) is 6.54 Å². The molecule has 0 N–H and O–H groups in total. The first-order valence-electron chi connectivity index (χ1n) is 7.46. The van der Waals surface area contributed by atoms with Crippen LogP contribution < -0.4 is 0 Å². The van der Waals surface area contributed by atoms with Crippen molar-refractivity contribution in [1.29, 1.82) is 0 Å². The van der Waals surface area contributed by atoms with Crippen molar-refractivity contribution >= 4 is 11.8 Å². The maximum atomic E-state index is 12.5. The number of aromatic nitrogens is 2. The summed E-state index contributed by atoms with van der Waals surface area (Å²) in [6, 6.07) is 9.08. The molecule has 2 aromatic rings. The molecule has 0 radical (unpaired) electrons. The van der Waals surface area contributed by atoms with Crippen LogP contribution in [0.15, 0.2) is 34.9 Å². The predicted molar refractivity (Wildman–Crippen MR) is 80.9 cm³/mol. The molecule has 7 heteroatoms. The van der Waals surface area contributed by atoms with Gasteiger partial charge in [0.1, 0.15) is 19.1 Å². The van der Waals surface area contributed by atoms with Gasteiger partial charge in [0.15, 0.2) is 5.82 Å². The Bertz CT molecular complexity index is 713. The van der Waals surface area contributed by atoms with Gasteiger partial charge in [-0.2, -0.15) is 4.98 Å². The van der Waals surface area contributed by atoms with Crippen molar-refractivity contribution in [3.8, 4) is 0 Å². The van der Waals surface area contributed by atoms with Crippen LogP contribution in [0.4, 0.5) is 0 Å². The van der Waals surface area contributed by atoms with Gasteiger partial charge in [-0.1, -0.05) is 35.5 Å². The van der Waals surface area contributed by atoms with Crippen LogP contribution >= 0.6 is 0 Å². The maximum Gasteiger partial charge on any atom is 0.246 e. The van der Waals surface area contributed by atoms with Crippen LogP contribution in [0.3, 0.4) is 0 Å². The molecule has 1 aliphatic heterocycles. The SMILES string of the molecule is Cc1noc(CN2C(=O)CN(Cc3ccccc3)C(=O)[C@H]2C)n1. The number of hydrogen-bond donors (Lipinski definition) is 0. The summed E-state index contributed by atoms with van der Waals surface area (Å²) in [4.78, 5) is 32.1. The van der Waals surface area contributed by atoms with E-state index >= 15 is 0 Å². The molecule has 1 aromatic carbocycles. The van der Waals surface area contributed by atoms with Crippen LogP contribution in [0.2, 0.25) is 0 Å². The van der Waals surface area contributed by atoms with E-state index in [-0.39, 0.29) is 24.9 Å². The standard InChI is InChI=1S/C16H18N4O3/c1-11-16(22)19(8-13-6-4-3-5-7-13)10-15(21)20(11)9-14-17-12(2)18-23-14/h3-7,11H,8-10H2,1-2H3/t11-/m1/s1. The molecule has 0 saturated carbocycles. The van der Waals surface area contributed by atoms with Crippen molar-refractivity contribution in [2.24, 2.45) is 0 Å². The van der Waals surface area contributed by atoms with Gasteiger partial charge in [-0.15, -0.1) is 0 Å². The summed E-state index contributed by atoms with van der Waals surface area (Å²) in [5, 5.41) is 3.70. The summed E-state index contributed by atoms with van der Waals surface area (Å²) in [6.07, 6.45) is 0. The minimum Gasteiger partial charge on any atom is -0.337 e. The van der Waals surface area contributed by atoms with E-state index in [4.69, 9.17) is 4.52 Å². The molecule has 0 bridgehead atoms. The number of hydrogen-bond acceptors (Lipinski definition) is 5. The molecule has 120 valence electrons. The fraction of sp³-hybridized carbons (Fsp3) is 0.375. The monoisotopic (exact) mass is 314 g/mol. The Labute approximate surface area is 133 Å². The number of nitrogens with zero attached hydrogens (tertiary/aromatic N) is 4. The van der Waals surface area contributed by atoms with E-state index in [1.165, 1.54) is 4.90 Å². The average molecular weight is 314 g/mol. The molecule has 1 aromatic heterocycles. The Hall–Kier alpha value is -2.70. The second-order valence-corrected chi connectivity index (χ2v) is 5.61. The van der Waals surface area contributed by atoms with E-state index in [0.29, 0.717) is 18.3 Å². The van der Waals surface area contributed by atoms with Crippen LogP contribution in [0.5, 0.6) is 0 Å². The lowest BCUT2D eigenvalue weighted by molar-refractivity contribution is -0.156. The van der Waals surface area contributed by atoms with E-state index in [1.54, 1.807) is 18.7 Å². The minimum atomic E-state index is -0.549. The number of carbonyl (C=O) groups is 2. The number of aryl methyl sites for hydroxylation is 1. The second-order valence-electron chi connectivity index (χ2n) is 5.61. The van der Waals surface area contributed by atoms with Crippen molar-refractivity contribution in [3.05, 3.63) is 47.6 Å². The van der Waals surface area contributed by atoms with Gasteiger partial charge in [-0.05, 0) is 19.4 Å². The molecule has 1 aliphatic rings. The van der Waals surface area contributed by atoms with Gasteiger partial charge in [-0.25, -0.2) is 0 Å². The van der Waals surface area contributed by atoms with Gasteiger partial charge >= 0.3 is 0 Å². The van der Waals surface area contributed by atoms with E-state index < -0.39 is 6.04 Å². The molecule has 3 rings (SSSR count). The van der Waals surface area contributed by atoms with Crippen LogP contribution in [0, 0.1) is 6.92 Å². The topological polar surface area (TPSA) is 79.5 Å². The Morgan fingerprint density at radius 3 is 2.61 bits per heavy atom. The van der Waals surface area contributed by atoms with Gasteiger partial charge in [-0.3, -0.25) is 9.59 Å². The molecule has 1 saturated heterocycles. The zero-order valence-corrected chi connectivity index (χ0v) is 13.1. The van der Waals surface area contributed by atoms with Gasteiger partial charge in [0.25, 0.3) is 0 Å². The summed E-state index contributed by atoms with van der Waals surface area (Å²) < 4.78 is 5.04. The van der Waals surface area contributed by atoms with E-state index in [0.717, 1.165) is 5.56 Å².